The lowest BCUT2D eigenvalue weighted by atomic mass is 9.97. The van der Waals surface area contributed by atoms with Crippen LogP contribution in [0.1, 0.15) is 26.7 Å². The zero-order valence-corrected chi connectivity index (χ0v) is 13.3. The van der Waals surface area contributed by atoms with Crippen LogP contribution < -0.4 is 10.2 Å². The van der Waals surface area contributed by atoms with Crippen molar-refractivity contribution in [1.29, 1.82) is 0 Å². The zero-order valence-electron chi connectivity index (χ0n) is 10.9. The van der Waals surface area contributed by atoms with Gasteiger partial charge in [-0.05, 0) is 54.4 Å². The van der Waals surface area contributed by atoms with Crippen LogP contribution in [0.5, 0.6) is 0 Å². The van der Waals surface area contributed by atoms with E-state index in [1.807, 2.05) is 12.1 Å². The van der Waals surface area contributed by atoms with Gasteiger partial charge in [-0.25, -0.2) is 0 Å². The van der Waals surface area contributed by atoms with E-state index in [1.54, 1.807) is 0 Å². The summed E-state index contributed by atoms with van der Waals surface area (Å²) in [5.74, 6) is 0. The molecule has 0 spiro atoms. The van der Waals surface area contributed by atoms with Crippen LogP contribution in [0, 0.1) is 0 Å². The molecule has 0 aliphatic carbocycles. The summed E-state index contributed by atoms with van der Waals surface area (Å²) in [6, 6.07) is 7.27. The molecule has 1 fully saturated rings. The second-order valence-electron chi connectivity index (χ2n) is 4.89. The number of nitrogens with zero attached hydrogens (tertiary/aromatic N) is 1. The minimum absolute atomic E-state index is 0.539. The van der Waals surface area contributed by atoms with E-state index >= 15 is 0 Å². The van der Waals surface area contributed by atoms with Gasteiger partial charge in [-0.3, -0.25) is 0 Å². The maximum atomic E-state index is 6.17. The number of rotatable bonds is 3. The highest BCUT2D eigenvalue weighted by atomic mass is 79.9. The molecule has 1 aromatic carbocycles. The number of benzene rings is 1. The van der Waals surface area contributed by atoms with Crippen molar-refractivity contribution in [1.82, 2.24) is 5.32 Å². The largest absolute Gasteiger partial charge is 0.368 e. The lowest BCUT2D eigenvalue weighted by Crippen LogP contribution is -2.47. The molecule has 0 amide bonds. The molecule has 0 aromatic heterocycles. The van der Waals surface area contributed by atoms with Gasteiger partial charge in [0.2, 0.25) is 0 Å². The maximum absolute atomic E-state index is 6.17. The Bertz CT molecular complexity index is 411. The van der Waals surface area contributed by atoms with Crippen molar-refractivity contribution in [3.05, 3.63) is 27.7 Å². The highest BCUT2D eigenvalue weighted by Crippen LogP contribution is 2.35. The van der Waals surface area contributed by atoms with Gasteiger partial charge in [-0.1, -0.05) is 24.6 Å². The van der Waals surface area contributed by atoms with Crippen molar-refractivity contribution in [2.24, 2.45) is 0 Å². The maximum Gasteiger partial charge on any atom is 0.0595 e. The molecule has 0 saturated carbocycles. The van der Waals surface area contributed by atoms with Crippen molar-refractivity contribution < 1.29 is 0 Å². The van der Waals surface area contributed by atoms with Crippen LogP contribution in [0.15, 0.2) is 22.7 Å². The third kappa shape index (κ3) is 3.01. The summed E-state index contributed by atoms with van der Waals surface area (Å²) in [5, 5.41) is 4.33. The second-order valence-corrected chi connectivity index (χ2v) is 6.09. The predicted molar refractivity (Wildman–Crippen MR) is 82.7 cm³/mol. The van der Waals surface area contributed by atoms with Gasteiger partial charge in [-0.15, -0.1) is 0 Å². The molecule has 1 heterocycles. The monoisotopic (exact) mass is 330 g/mol. The van der Waals surface area contributed by atoms with Gasteiger partial charge in [0.05, 0.1) is 15.2 Å². The van der Waals surface area contributed by atoms with Crippen LogP contribution in [-0.2, 0) is 0 Å². The lowest BCUT2D eigenvalue weighted by Gasteiger charge is -2.40. The third-order valence-electron chi connectivity index (χ3n) is 3.61. The summed E-state index contributed by atoms with van der Waals surface area (Å²) in [4.78, 5) is 2.45. The molecule has 2 nitrogen and oxygen atoms in total. The Morgan fingerprint density at radius 3 is 2.94 bits per heavy atom. The Hall–Kier alpha value is -0.250. The number of hydrogen-bond acceptors (Lipinski definition) is 2. The number of hydrogen-bond donors (Lipinski definition) is 1. The normalized spacial score (nSPS) is 24.3. The van der Waals surface area contributed by atoms with Crippen molar-refractivity contribution in [2.45, 2.75) is 38.8 Å². The highest BCUT2D eigenvalue weighted by molar-refractivity contribution is 9.10. The van der Waals surface area contributed by atoms with Gasteiger partial charge < -0.3 is 10.2 Å². The fraction of sp³-hybridized carbons (Fsp3) is 0.571. The van der Waals surface area contributed by atoms with Gasteiger partial charge in [0, 0.05) is 18.6 Å². The molecule has 2 unspecified atom stereocenters. The second kappa shape index (κ2) is 6.27. The van der Waals surface area contributed by atoms with E-state index in [0.29, 0.717) is 12.1 Å². The highest BCUT2D eigenvalue weighted by Gasteiger charge is 2.26. The number of nitrogens with one attached hydrogen (secondary N) is 1. The molecule has 1 aliphatic heterocycles. The number of piperidine rings is 1. The third-order valence-corrected chi connectivity index (χ3v) is 4.99. The van der Waals surface area contributed by atoms with Gasteiger partial charge in [0.15, 0.2) is 0 Å². The van der Waals surface area contributed by atoms with Crippen LogP contribution in [-0.4, -0.2) is 25.2 Å². The lowest BCUT2D eigenvalue weighted by molar-refractivity contribution is 0.374. The molecule has 0 radical (unpaired) electrons. The Balaban J connectivity index is 2.13. The van der Waals surface area contributed by atoms with Crippen LogP contribution in [0.25, 0.3) is 0 Å². The Kier molecular flexibility index (Phi) is 4.93. The summed E-state index contributed by atoms with van der Waals surface area (Å²) in [5.41, 5.74) is 1.21. The van der Waals surface area contributed by atoms with E-state index in [4.69, 9.17) is 11.6 Å². The van der Waals surface area contributed by atoms with Gasteiger partial charge >= 0.3 is 0 Å². The first-order valence-corrected chi connectivity index (χ1v) is 7.74. The average Bonchev–Trinajstić information content (AvgIpc) is 2.34. The minimum atomic E-state index is 0.539. The van der Waals surface area contributed by atoms with E-state index in [9.17, 15) is 0 Å². The van der Waals surface area contributed by atoms with Gasteiger partial charge in [0.25, 0.3) is 0 Å². The van der Waals surface area contributed by atoms with Crippen LogP contribution >= 0.6 is 27.5 Å². The molecule has 1 aromatic rings. The van der Waals surface area contributed by atoms with Crippen molar-refractivity contribution in [3.8, 4) is 0 Å². The molecule has 4 heteroatoms. The Morgan fingerprint density at radius 2 is 2.28 bits per heavy atom. The van der Waals surface area contributed by atoms with E-state index in [-0.39, 0.29) is 0 Å². The van der Waals surface area contributed by atoms with E-state index in [1.165, 1.54) is 18.5 Å². The standard InChI is InChI=1S/C14H20BrClN2/c1-3-17-11-7-8-18(10(2)9-11)13-6-4-5-12(16)14(13)15/h4-6,10-11,17H,3,7-9H2,1-2H3. The molecule has 2 atom stereocenters. The van der Waals surface area contributed by atoms with Crippen molar-refractivity contribution in [3.63, 3.8) is 0 Å². The minimum Gasteiger partial charge on any atom is -0.368 e. The Labute approximate surface area is 123 Å². The first-order chi connectivity index (χ1) is 8.63. The van der Waals surface area contributed by atoms with Crippen molar-refractivity contribution in [2.75, 3.05) is 18.0 Å². The molecular formula is C14H20BrClN2. The smallest absolute Gasteiger partial charge is 0.0595 e. The molecule has 0 bridgehead atoms. The summed E-state index contributed by atoms with van der Waals surface area (Å²) in [6.07, 6.45) is 2.38. The molecule has 1 saturated heterocycles. The SMILES string of the molecule is CCNC1CCN(c2cccc(Cl)c2Br)C(C)C1. The zero-order chi connectivity index (χ0) is 13.1. The molecule has 1 aliphatic rings. The fourth-order valence-electron chi connectivity index (χ4n) is 2.72. The van der Waals surface area contributed by atoms with E-state index < -0.39 is 0 Å². The summed E-state index contributed by atoms with van der Waals surface area (Å²) < 4.78 is 1.01. The quantitative estimate of drug-likeness (QED) is 0.898. The molecule has 1 N–H and O–H groups in total. The van der Waals surface area contributed by atoms with E-state index in [0.717, 1.165) is 22.6 Å². The van der Waals surface area contributed by atoms with E-state index in [2.05, 4.69) is 46.1 Å². The number of halogens is 2. The van der Waals surface area contributed by atoms with Gasteiger partial charge in [0.1, 0.15) is 0 Å². The molecule has 18 heavy (non-hydrogen) atoms. The first-order valence-electron chi connectivity index (χ1n) is 6.57. The average molecular weight is 332 g/mol. The van der Waals surface area contributed by atoms with Crippen LogP contribution in [0.4, 0.5) is 5.69 Å². The summed E-state index contributed by atoms with van der Waals surface area (Å²) in [7, 11) is 0. The molecule has 100 valence electrons. The number of anilines is 1. The first kappa shape index (κ1) is 14.2. The topological polar surface area (TPSA) is 15.3 Å². The predicted octanol–water partition coefficient (Wildman–Crippen LogP) is 4.07. The molecule has 2 rings (SSSR count). The van der Waals surface area contributed by atoms with Crippen LogP contribution in [0.2, 0.25) is 5.02 Å². The van der Waals surface area contributed by atoms with Crippen molar-refractivity contribution >= 4 is 33.2 Å². The van der Waals surface area contributed by atoms with Gasteiger partial charge in [-0.2, -0.15) is 0 Å². The molecular weight excluding hydrogens is 312 g/mol. The Morgan fingerprint density at radius 1 is 1.50 bits per heavy atom. The summed E-state index contributed by atoms with van der Waals surface area (Å²) >= 11 is 9.77. The van der Waals surface area contributed by atoms with Crippen LogP contribution in [0.3, 0.4) is 0 Å². The summed E-state index contributed by atoms with van der Waals surface area (Å²) in [6.45, 7) is 6.59. The fourth-order valence-corrected chi connectivity index (χ4v) is 3.38.